The highest BCUT2D eigenvalue weighted by molar-refractivity contribution is 7.99. The lowest BCUT2D eigenvalue weighted by Gasteiger charge is -2.25. The van der Waals surface area contributed by atoms with Crippen LogP contribution in [0.15, 0.2) is 34.3 Å². The molecule has 0 saturated carbocycles. The molecule has 0 unspecified atom stereocenters. The zero-order valence-corrected chi connectivity index (χ0v) is 18.9. The number of nitrogens with zero attached hydrogens (tertiary/aromatic N) is 3. The first-order valence-corrected chi connectivity index (χ1v) is 12.3. The molecule has 0 N–H and O–H groups in total. The molecule has 3 rings (SSSR count). The highest BCUT2D eigenvalue weighted by atomic mass is 32.2. The number of hydrogen-bond acceptors (Lipinski definition) is 5. The number of hydrogen-bond donors (Lipinski definition) is 0. The Labute approximate surface area is 183 Å². The Balaban J connectivity index is 1.65. The molecular formula is C20H24F3N3O3S2. The predicted molar refractivity (Wildman–Crippen MR) is 112 cm³/mol. The van der Waals surface area contributed by atoms with Crippen LogP contribution in [0, 0.1) is 13.8 Å². The van der Waals surface area contributed by atoms with Crippen LogP contribution in [0.3, 0.4) is 0 Å². The number of ketones is 1. The predicted octanol–water partition coefficient (Wildman–Crippen LogP) is 4.21. The molecule has 31 heavy (non-hydrogen) atoms. The summed E-state index contributed by atoms with van der Waals surface area (Å²) >= 11 is 1.11. The molecule has 0 radical (unpaired) electrons. The number of carbonyl (C=O) groups is 1. The van der Waals surface area contributed by atoms with E-state index in [2.05, 4.69) is 4.98 Å². The van der Waals surface area contributed by atoms with Crippen molar-refractivity contribution in [3.05, 3.63) is 41.3 Å². The monoisotopic (exact) mass is 475 g/mol. The van der Waals surface area contributed by atoms with E-state index in [1.807, 2.05) is 0 Å². The molecule has 0 amide bonds. The van der Waals surface area contributed by atoms with E-state index < -0.39 is 22.7 Å². The minimum Gasteiger partial charge on any atom is -0.339 e. The van der Waals surface area contributed by atoms with Crippen LogP contribution < -0.4 is 0 Å². The van der Waals surface area contributed by atoms with Crippen molar-refractivity contribution >= 4 is 27.6 Å². The van der Waals surface area contributed by atoms with Crippen LogP contribution in [0.5, 0.6) is 0 Å². The fourth-order valence-corrected chi connectivity index (χ4v) is 5.77. The SMILES string of the molecule is Cc1cc(C(=O)CSc2ccc(S(=O)(=O)N3CCCCC3)cn2)c(C)n1CC(F)(F)F. The number of halogens is 3. The second-order valence-corrected chi connectivity index (χ2v) is 10.4. The third-order valence-electron chi connectivity index (χ3n) is 5.22. The van der Waals surface area contributed by atoms with E-state index in [1.165, 1.54) is 36.5 Å². The summed E-state index contributed by atoms with van der Waals surface area (Å²) in [7, 11) is -3.58. The summed E-state index contributed by atoms with van der Waals surface area (Å²) in [6.45, 7) is 2.89. The molecule has 0 bridgehead atoms. The first-order valence-electron chi connectivity index (χ1n) is 9.85. The minimum atomic E-state index is -4.37. The molecule has 2 aromatic rings. The zero-order chi connectivity index (χ0) is 22.8. The van der Waals surface area contributed by atoms with Crippen LogP contribution in [0.25, 0.3) is 0 Å². The Morgan fingerprint density at radius 2 is 1.84 bits per heavy atom. The van der Waals surface area contributed by atoms with Crippen molar-refractivity contribution in [2.45, 2.75) is 55.8 Å². The van der Waals surface area contributed by atoms with E-state index in [-0.39, 0.29) is 27.7 Å². The van der Waals surface area contributed by atoms with Crippen molar-refractivity contribution in [2.24, 2.45) is 0 Å². The molecule has 6 nitrogen and oxygen atoms in total. The summed E-state index contributed by atoms with van der Waals surface area (Å²) in [5.74, 6) is -0.319. The van der Waals surface area contributed by atoms with Gasteiger partial charge in [-0.05, 0) is 44.9 Å². The van der Waals surface area contributed by atoms with Crippen LogP contribution in [-0.2, 0) is 16.6 Å². The third kappa shape index (κ3) is 5.69. The van der Waals surface area contributed by atoms with Crippen LogP contribution in [0.4, 0.5) is 13.2 Å². The van der Waals surface area contributed by atoms with Crippen molar-refractivity contribution in [1.29, 1.82) is 0 Å². The lowest BCUT2D eigenvalue weighted by Crippen LogP contribution is -2.35. The molecule has 2 aromatic heterocycles. The quantitative estimate of drug-likeness (QED) is 0.443. The molecule has 0 aromatic carbocycles. The number of alkyl halides is 3. The first-order chi connectivity index (χ1) is 14.5. The second kappa shape index (κ2) is 9.33. The van der Waals surface area contributed by atoms with E-state index in [9.17, 15) is 26.4 Å². The maximum atomic E-state index is 12.8. The summed E-state index contributed by atoms with van der Waals surface area (Å²) in [5.41, 5.74) is 0.892. The molecular weight excluding hydrogens is 451 g/mol. The highest BCUT2D eigenvalue weighted by Crippen LogP contribution is 2.26. The summed E-state index contributed by atoms with van der Waals surface area (Å²) < 4.78 is 66.1. The fraction of sp³-hybridized carbons (Fsp3) is 0.500. The van der Waals surface area contributed by atoms with Gasteiger partial charge in [-0.1, -0.05) is 18.2 Å². The second-order valence-electron chi connectivity index (χ2n) is 7.49. The summed E-state index contributed by atoms with van der Waals surface area (Å²) in [4.78, 5) is 16.8. The molecule has 3 heterocycles. The molecule has 1 saturated heterocycles. The van der Waals surface area contributed by atoms with Gasteiger partial charge in [0.25, 0.3) is 0 Å². The maximum Gasteiger partial charge on any atom is 0.406 e. The normalized spacial score (nSPS) is 15.9. The van der Waals surface area contributed by atoms with E-state index in [0.29, 0.717) is 23.8 Å². The lowest BCUT2D eigenvalue weighted by molar-refractivity contribution is -0.141. The summed E-state index contributed by atoms with van der Waals surface area (Å²) in [6.07, 6.45) is -0.388. The number of piperidine rings is 1. The van der Waals surface area contributed by atoms with Crippen LogP contribution in [-0.4, -0.2) is 53.1 Å². The van der Waals surface area contributed by atoms with Crippen molar-refractivity contribution in [3.63, 3.8) is 0 Å². The number of pyridine rings is 1. The van der Waals surface area contributed by atoms with Crippen molar-refractivity contribution in [3.8, 4) is 0 Å². The van der Waals surface area contributed by atoms with Gasteiger partial charge in [-0.15, -0.1) is 0 Å². The Hall–Kier alpha value is -1.85. The number of Topliss-reactive ketones (excluding diaryl/α,β-unsaturated/α-hetero) is 1. The number of rotatable bonds is 7. The van der Waals surface area contributed by atoms with E-state index in [4.69, 9.17) is 0 Å². The van der Waals surface area contributed by atoms with Gasteiger partial charge in [-0.3, -0.25) is 4.79 Å². The Bertz CT molecular complexity index is 1040. The lowest BCUT2D eigenvalue weighted by atomic mass is 10.2. The van der Waals surface area contributed by atoms with Gasteiger partial charge in [-0.25, -0.2) is 13.4 Å². The zero-order valence-electron chi connectivity index (χ0n) is 17.3. The highest BCUT2D eigenvalue weighted by Gasteiger charge is 2.30. The van der Waals surface area contributed by atoms with Gasteiger partial charge in [0.05, 0.1) is 10.8 Å². The van der Waals surface area contributed by atoms with Gasteiger partial charge in [0, 0.05) is 36.2 Å². The third-order valence-corrected chi connectivity index (χ3v) is 8.05. The average molecular weight is 476 g/mol. The number of carbonyl (C=O) groups excluding carboxylic acids is 1. The number of thioether (sulfide) groups is 1. The Kier molecular flexibility index (Phi) is 7.17. The van der Waals surface area contributed by atoms with Crippen molar-refractivity contribution < 1.29 is 26.4 Å². The average Bonchev–Trinajstić information content (AvgIpc) is 3.00. The molecule has 0 atom stereocenters. The topological polar surface area (TPSA) is 72.3 Å². The van der Waals surface area contributed by atoms with Crippen LogP contribution in [0.1, 0.15) is 41.0 Å². The van der Waals surface area contributed by atoms with E-state index in [1.54, 1.807) is 6.07 Å². The van der Waals surface area contributed by atoms with Gasteiger partial charge >= 0.3 is 6.18 Å². The molecule has 1 fully saturated rings. The summed E-state index contributed by atoms with van der Waals surface area (Å²) in [6, 6.07) is 4.48. The molecule has 1 aliphatic heterocycles. The van der Waals surface area contributed by atoms with Gasteiger partial charge in [-0.2, -0.15) is 17.5 Å². The molecule has 11 heteroatoms. The number of aromatic nitrogens is 2. The largest absolute Gasteiger partial charge is 0.406 e. The standard InChI is InChI=1S/C20H24F3N3O3S2/c1-14-10-17(15(2)26(14)13-20(21,22)23)18(27)12-30-19-7-6-16(11-24-19)31(28,29)25-8-4-3-5-9-25/h6-7,10-11H,3-5,8-9,12-13H2,1-2H3. The molecule has 0 spiro atoms. The van der Waals surface area contributed by atoms with Crippen molar-refractivity contribution in [2.75, 3.05) is 18.8 Å². The Morgan fingerprint density at radius 1 is 1.16 bits per heavy atom. The summed E-state index contributed by atoms with van der Waals surface area (Å²) in [5, 5.41) is 0.468. The minimum absolute atomic E-state index is 0.0124. The number of sulfonamides is 1. The smallest absolute Gasteiger partial charge is 0.339 e. The number of aryl methyl sites for hydroxylation is 1. The van der Waals surface area contributed by atoms with Crippen molar-refractivity contribution in [1.82, 2.24) is 13.9 Å². The van der Waals surface area contributed by atoms with E-state index >= 15 is 0 Å². The van der Waals surface area contributed by atoms with Crippen LogP contribution in [0.2, 0.25) is 0 Å². The molecule has 0 aliphatic carbocycles. The van der Waals surface area contributed by atoms with Gasteiger partial charge < -0.3 is 4.57 Å². The maximum absolute atomic E-state index is 12.8. The fourth-order valence-electron chi connectivity index (χ4n) is 3.58. The molecule has 1 aliphatic rings. The van der Waals surface area contributed by atoms with E-state index in [0.717, 1.165) is 35.6 Å². The molecule has 170 valence electrons. The Morgan fingerprint density at radius 3 is 2.42 bits per heavy atom. The van der Waals surface area contributed by atoms with Gasteiger partial charge in [0.1, 0.15) is 11.4 Å². The van der Waals surface area contributed by atoms with Gasteiger partial charge in [0.2, 0.25) is 10.0 Å². The first kappa shape index (κ1) is 23.8. The van der Waals surface area contributed by atoms with Crippen LogP contribution >= 0.6 is 11.8 Å². The van der Waals surface area contributed by atoms with Gasteiger partial charge in [0.15, 0.2) is 5.78 Å².